The number of hydrogen-bond acceptors (Lipinski definition) is 2. The number of nitrogens with one attached hydrogen (secondary N) is 1. The van der Waals surface area contributed by atoms with E-state index in [4.69, 9.17) is 11.6 Å². The fourth-order valence-electron chi connectivity index (χ4n) is 2.26. The van der Waals surface area contributed by atoms with Crippen molar-refractivity contribution in [3.05, 3.63) is 34.9 Å². The Labute approximate surface area is 112 Å². The second kappa shape index (κ2) is 4.90. The van der Waals surface area contributed by atoms with Gasteiger partial charge in [0.25, 0.3) is 0 Å². The van der Waals surface area contributed by atoms with E-state index in [0.29, 0.717) is 11.9 Å². The molecule has 1 heterocycles. The smallest absolute Gasteiger partial charge is 0.228 e. The van der Waals surface area contributed by atoms with Crippen molar-refractivity contribution in [3.63, 3.8) is 0 Å². The normalized spacial score (nSPS) is 19.4. The maximum Gasteiger partial charge on any atom is 0.228 e. The first kappa shape index (κ1) is 12.0. The van der Waals surface area contributed by atoms with Crippen molar-refractivity contribution in [2.24, 2.45) is 5.92 Å². The molecule has 0 spiro atoms. The Bertz CT molecular complexity index is 438. The van der Waals surface area contributed by atoms with Gasteiger partial charge in [0.2, 0.25) is 5.91 Å². The van der Waals surface area contributed by atoms with Crippen LogP contribution in [0.2, 0.25) is 5.02 Å². The van der Waals surface area contributed by atoms with Crippen molar-refractivity contribution < 1.29 is 4.79 Å². The van der Waals surface area contributed by atoms with Gasteiger partial charge in [0, 0.05) is 30.7 Å². The molecule has 0 radical (unpaired) electrons. The van der Waals surface area contributed by atoms with E-state index >= 15 is 0 Å². The highest BCUT2D eigenvalue weighted by molar-refractivity contribution is 6.30. The third-order valence-electron chi connectivity index (χ3n) is 3.67. The number of rotatable bonds is 4. The fourth-order valence-corrected chi connectivity index (χ4v) is 2.38. The van der Waals surface area contributed by atoms with E-state index in [-0.39, 0.29) is 5.92 Å². The molecule has 2 aliphatic rings. The maximum atomic E-state index is 12.3. The molecule has 3 rings (SSSR count). The molecule has 1 aromatic carbocycles. The van der Waals surface area contributed by atoms with Gasteiger partial charge in [0.05, 0.1) is 5.92 Å². The second-order valence-corrected chi connectivity index (χ2v) is 5.62. The van der Waals surface area contributed by atoms with E-state index in [1.807, 2.05) is 24.3 Å². The standard InChI is InChI=1S/C14H17ClN2O/c15-12-3-1-10(2-4-12)9-17(13-5-6-13)14(18)11-7-16-8-11/h1-4,11,13,16H,5-9H2. The average Bonchev–Trinajstić information content (AvgIpc) is 3.09. The molecule has 3 nitrogen and oxygen atoms in total. The summed E-state index contributed by atoms with van der Waals surface area (Å²) >= 11 is 5.88. The van der Waals surface area contributed by atoms with Crippen LogP contribution in [0.3, 0.4) is 0 Å². The predicted molar refractivity (Wildman–Crippen MR) is 71.4 cm³/mol. The van der Waals surface area contributed by atoms with Crippen LogP contribution in [0.1, 0.15) is 18.4 Å². The van der Waals surface area contributed by atoms with Gasteiger partial charge in [-0.15, -0.1) is 0 Å². The SMILES string of the molecule is O=C(C1CNC1)N(Cc1ccc(Cl)cc1)C1CC1. The van der Waals surface area contributed by atoms with Crippen LogP contribution < -0.4 is 5.32 Å². The highest BCUT2D eigenvalue weighted by atomic mass is 35.5. The molecule has 1 aliphatic carbocycles. The van der Waals surface area contributed by atoms with Gasteiger partial charge in [-0.05, 0) is 30.5 Å². The zero-order valence-electron chi connectivity index (χ0n) is 10.2. The van der Waals surface area contributed by atoms with E-state index in [1.165, 1.54) is 0 Å². The van der Waals surface area contributed by atoms with E-state index in [9.17, 15) is 4.79 Å². The Hall–Kier alpha value is -1.06. The molecule has 1 aromatic rings. The number of hydrogen-bond donors (Lipinski definition) is 1. The molecule has 0 aromatic heterocycles. The molecule has 4 heteroatoms. The molecular formula is C14H17ClN2O. The van der Waals surface area contributed by atoms with Crippen molar-refractivity contribution >= 4 is 17.5 Å². The number of carbonyl (C=O) groups is 1. The Balaban J connectivity index is 1.69. The van der Waals surface area contributed by atoms with Crippen molar-refractivity contribution in [1.29, 1.82) is 0 Å². The van der Waals surface area contributed by atoms with Crippen molar-refractivity contribution in [1.82, 2.24) is 10.2 Å². The van der Waals surface area contributed by atoms with Crippen LogP contribution in [-0.2, 0) is 11.3 Å². The third kappa shape index (κ3) is 2.52. The Morgan fingerprint density at radius 1 is 1.28 bits per heavy atom. The van der Waals surface area contributed by atoms with E-state index in [2.05, 4.69) is 10.2 Å². The predicted octanol–water partition coefficient (Wildman–Crippen LogP) is 2.05. The van der Waals surface area contributed by atoms with Crippen LogP contribution in [0.25, 0.3) is 0 Å². The van der Waals surface area contributed by atoms with Gasteiger partial charge >= 0.3 is 0 Å². The zero-order chi connectivity index (χ0) is 12.5. The van der Waals surface area contributed by atoms with Crippen LogP contribution in [0.5, 0.6) is 0 Å². The topological polar surface area (TPSA) is 32.3 Å². The molecule has 2 fully saturated rings. The molecule has 1 aliphatic heterocycles. The number of benzene rings is 1. The summed E-state index contributed by atoms with van der Waals surface area (Å²) in [6.07, 6.45) is 2.30. The van der Waals surface area contributed by atoms with Crippen LogP contribution in [0, 0.1) is 5.92 Å². The van der Waals surface area contributed by atoms with Gasteiger partial charge in [0.1, 0.15) is 0 Å². The summed E-state index contributed by atoms with van der Waals surface area (Å²) in [5.41, 5.74) is 1.16. The molecule has 0 bridgehead atoms. The Kier molecular flexibility index (Phi) is 3.27. The number of halogens is 1. The zero-order valence-corrected chi connectivity index (χ0v) is 11.0. The lowest BCUT2D eigenvalue weighted by Gasteiger charge is -2.32. The first-order valence-electron chi connectivity index (χ1n) is 6.49. The lowest BCUT2D eigenvalue weighted by Crippen LogP contribution is -2.52. The summed E-state index contributed by atoms with van der Waals surface area (Å²) in [6.45, 7) is 2.39. The summed E-state index contributed by atoms with van der Waals surface area (Å²) in [5, 5.41) is 3.90. The van der Waals surface area contributed by atoms with Gasteiger partial charge in [-0.1, -0.05) is 23.7 Å². The lowest BCUT2D eigenvalue weighted by atomic mass is 10.0. The summed E-state index contributed by atoms with van der Waals surface area (Å²) in [6, 6.07) is 8.25. The Morgan fingerprint density at radius 3 is 2.44 bits per heavy atom. The summed E-state index contributed by atoms with van der Waals surface area (Å²) in [7, 11) is 0. The average molecular weight is 265 g/mol. The van der Waals surface area contributed by atoms with Crippen LogP contribution in [0.15, 0.2) is 24.3 Å². The molecular weight excluding hydrogens is 248 g/mol. The minimum absolute atomic E-state index is 0.193. The van der Waals surface area contributed by atoms with Crippen LogP contribution in [-0.4, -0.2) is 29.9 Å². The molecule has 1 saturated heterocycles. The molecule has 96 valence electrons. The van der Waals surface area contributed by atoms with Crippen LogP contribution >= 0.6 is 11.6 Å². The highest BCUT2D eigenvalue weighted by Crippen LogP contribution is 2.30. The first-order chi connectivity index (χ1) is 8.74. The molecule has 1 saturated carbocycles. The fraction of sp³-hybridized carbons (Fsp3) is 0.500. The third-order valence-corrected chi connectivity index (χ3v) is 3.92. The van der Waals surface area contributed by atoms with Gasteiger partial charge < -0.3 is 10.2 Å². The molecule has 0 atom stereocenters. The van der Waals surface area contributed by atoms with Crippen molar-refractivity contribution in [2.45, 2.75) is 25.4 Å². The van der Waals surface area contributed by atoms with E-state index in [0.717, 1.165) is 43.1 Å². The monoisotopic (exact) mass is 264 g/mol. The summed E-state index contributed by atoms with van der Waals surface area (Å²) < 4.78 is 0. The number of amides is 1. The molecule has 1 amide bonds. The largest absolute Gasteiger partial charge is 0.335 e. The lowest BCUT2D eigenvalue weighted by molar-refractivity contribution is -0.138. The molecule has 1 N–H and O–H groups in total. The van der Waals surface area contributed by atoms with Crippen molar-refractivity contribution in [2.75, 3.05) is 13.1 Å². The van der Waals surface area contributed by atoms with Gasteiger partial charge in [-0.25, -0.2) is 0 Å². The first-order valence-corrected chi connectivity index (χ1v) is 6.87. The van der Waals surface area contributed by atoms with Gasteiger partial charge in [0.15, 0.2) is 0 Å². The van der Waals surface area contributed by atoms with E-state index in [1.54, 1.807) is 0 Å². The number of nitrogens with zero attached hydrogens (tertiary/aromatic N) is 1. The maximum absolute atomic E-state index is 12.3. The second-order valence-electron chi connectivity index (χ2n) is 5.18. The van der Waals surface area contributed by atoms with Crippen molar-refractivity contribution in [3.8, 4) is 0 Å². The van der Waals surface area contributed by atoms with Gasteiger partial charge in [-0.3, -0.25) is 4.79 Å². The van der Waals surface area contributed by atoms with E-state index < -0.39 is 0 Å². The minimum Gasteiger partial charge on any atom is -0.335 e. The summed E-state index contributed by atoms with van der Waals surface area (Å²) in [5.74, 6) is 0.504. The summed E-state index contributed by atoms with van der Waals surface area (Å²) in [4.78, 5) is 14.4. The van der Waals surface area contributed by atoms with Gasteiger partial charge in [-0.2, -0.15) is 0 Å². The number of carbonyl (C=O) groups excluding carboxylic acids is 1. The van der Waals surface area contributed by atoms with Crippen LogP contribution in [0.4, 0.5) is 0 Å². The minimum atomic E-state index is 0.193. The highest BCUT2D eigenvalue weighted by Gasteiger charge is 2.37. The molecule has 18 heavy (non-hydrogen) atoms. The Morgan fingerprint density at radius 2 is 1.94 bits per heavy atom. The quantitative estimate of drug-likeness (QED) is 0.903. The molecule has 0 unspecified atom stereocenters.